The Labute approximate surface area is 290 Å². The molecule has 0 aromatic heterocycles. The number of carbonyl (C=O) groups is 2. The maximum Gasteiger partial charge on any atom is 0.306 e. The van der Waals surface area contributed by atoms with E-state index >= 15 is 0 Å². The number of hydrogen-bond acceptors (Lipinski definition) is 7. The number of hydrogen-bond donors (Lipinski definition) is 2. The second kappa shape index (κ2) is 20.1. The van der Waals surface area contributed by atoms with Gasteiger partial charge < -0.3 is 24.3 Å². The first kappa shape index (κ1) is 37.3. The minimum absolute atomic E-state index is 0.0621. The summed E-state index contributed by atoms with van der Waals surface area (Å²) in [6.07, 6.45) is 2.87. The Hall–Kier alpha value is -3.50. The number of aliphatic hydroxyl groups excluding tert-OH is 1. The van der Waals surface area contributed by atoms with Crippen molar-refractivity contribution in [3.05, 3.63) is 90.0 Å². The summed E-state index contributed by atoms with van der Waals surface area (Å²) < 4.78 is 25.9. The first-order chi connectivity index (χ1) is 23.6. The highest BCUT2D eigenvalue weighted by Gasteiger charge is 2.50. The number of nitrogens with one attached hydrogen (secondary N) is 1. The van der Waals surface area contributed by atoms with Crippen LogP contribution in [0.15, 0.2) is 78.9 Å². The second-order valence-electron chi connectivity index (χ2n) is 13.2. The van der Waals surface area contributed by atoms with Crippen molar-refractivity contribution in [3.8, 4) is 5.75 Å². The van der Waals surface area contributed by atoms with E-state index in [-0.39, 0.29) is 43.0 Å². The molecular weight excluding hydrogens is 621 g/mol. The standard InChI is InChI=1S/C39H56N2O6Si/c1-6-7-23-40-37(43)21-22-38(44)46-28-25-41(24-14-27-45-34-20-19-32(2)33(30-34)31-42)26-29-47-48(39(3,4)5,35-15-10-8-11-16-35)36-17-12-9-13-18-36/h8-13,15-20,30,42H,6-7,14,21-29,31H2,1-5H3,(H,40,43)/i42D. The van der Waals surface area contributed by atoms with E-state index in [0.29, 0.717) is 32.8 Å². The normalized spacial score (nSPS) is 12.1. The number of aliphatic hydroxyl groups is 1. The van der Waals surface area contributed by atoms with Crippen LogP contribution < -0.4 is 20.4 Å². The molecule has 3 rings (SSSR count). The predicted molar refractivity (Wildman–Crippen MR) is 195 cm³/mol. The third-order valence-electron chi connectivity index (χ3n) is 8.59. The summed E-state index contributed by atoms with van der Waals surface area (Å²) in [6, 6.07) is 27.0. The van der Waals surface area contributed by atoms with Crippen LogP contribution in [0.25, 0.3) is 0 Å². The fourth-order valence-corrected chi connectivity index (χ4v) is 10.4. The molecular formula is C39H56N2O6Si. The van der Waals surface area contributed by atoms with Crippen molar-refractivity contribution in [2.75, 3.05) is 46.0 Å². The first-order valence-electron chi connectivity index (χ1n) is 17.7. The molecule has 2 N–H and O–H groups in total. The average molecular weight is 678 g/mol. The van der Waals surface area contributed by atoms with Gasteiger partial charge in [0.15, 0.2) is 0 Å². The van der Waals surface area contributed by atoms with E-state index in [0.717, 1.165) is 42.7 Å². The van der Waals surface area contributed by atoms with Gasteiger partial charge in [-0.15, -0.1) is 0 Å². The number of carbonyl (C=O) groups excluding carboxylic acids is 2. The molecule has 0 saturated heterocycles. The summed E-state index contributed by atoms with van der Waals surface area (Å²) in [5, 5.41) is 9.75. The molecule has 0 heterocycles. The quantitative estimate of drug-likeness (QED) is 0.0839. The molecule has 0 radical (unpaired) electrons. The molecule has 3 aromatic carbocycles. The summed E-state index contributed by atoms with van der Waals surface area (Å²) in [6.45, 7) is 14.8. The summed E-state index contributed by atoms with van der Waals surface area (Å²) in [4.78, 5) is 26.7. The van der Waals surface area contributed by atoms with Crippen LogP contribution in [0.3, 0.4) is 0 Å². The largest absolute Gasteiger partial charge is 0.494 e. The van der Waals surface area contributed by atoms with Gasteiger partial charge in [0.2, 0.25) is 7.34 Å². The van der Waals surface area contributed by atoms with Gasteiger partial charge >= 0.3 is 5.97 Å². The number of nitrogens with zero attached hydrogens (tertiary/aromatic N) is 1. The Morgan fingerprint density at radius 3 is 2.17 bits per heavy atom. The molecule has 0 atom stereocenters. The van der Waals surface area contributed by atoms with Crippen molar-refractivity contribution in [2.24, 2.45) is 0 Å². The van der Waals surface area contributed by atoms with Gasteiger partial charge in [0.05, 0.1) is 19.6 Å². The van der Waals surface area contributed by atoms with Crippen molar-refractivity contribution in [1.29, 1.82) is 1.43 Å². The van der Waals surface area contributed by atoms with Crippen LogP contribution in [0.4, 0.5) is 0 Å². The lowest BCUT2D eigenvalue weighted by atomic mass is 10.1. The predicted octanol–water partition coefficient (Wildman–Crippen LogP) is 5.37. The monoisotopic (exact) mass is 677 g/mol. The van der Waals surface area contributed by atoms with Crippen LogP contribution in [0.5, 0.6) is 5.75 Å². The zero-order valence-corrected chi connectivity index (χ0v) is 30.6. The van der Waals surface area contributed by atoms with Gasteiger partial charge in [-0.2, -0.15) is 0 Å². The molecule has 8 nitrogen and oxygen atoms in total. The van der Waals surface area contributed by atoms with E-state index < -0.39 is 8.32 Å². The number of ether oxygens (including phenoxy) is 2. The summed E-state index contributed by atoms with van der Waals surface area (Å²) in [5.41, 5.74) is 1.98. The van der Waals surface area contributed by atoms with Crippen molar-refractivity contribution in [1.82, 2.24) is 10.2 Å². The van der Waals surface area contributed by atoms with E-state index in [2.05, 4.69) is 91.6 Å². The lowest BCUT2D eigenvalue weighted by Gasteiger charge is -2.43. The number of amides is 1. The SMILES string of the molecule is [2H]OCc1cc(OCCCN(CCOC(=O)CCC(=O)NCCCC)CCO[Si](c2ccccc2)(c2ccccc2)C(C)(C)C)ccc1C. The summed E-state index contributed by atoms with van der Waals surface area (Å²) >= 11 is 0. The van der Waals surface area contributed by atoms with Crippen LogP contribution in [0.2, 0.25) is 5.04 Å². The number of unbranched alkanes of at least 4 members (excludes halogenated alkanes) is 1. The van der Waals surface area contributed by atoms with E-state index in [1.807, 2.05) is 37.3 Å². The minimum atomic E-state index is -2.70. The Bertz CT molecular complexity index is 1360. The molecule has 0 spiro atoms. The van der Waals surface area contributed by atoms with Gasteiger partial charge in [0, 0.05) is 39.2 Å². The summed E-state index contributed by atoms with van der Waals surface area (Å²) in [5.74, 6) is 0.247. The van der Waals surface area contributed by atoms with Crippen molar-refractivity contribution in [2.45, 2.75) is 78.4 Å². The lowest BCUT2D eigenvalue weighted by Crippen LogP contribution is -2.67. The lowest BCUT2D eigenvalue weighted by molar-refractivity contribution is -0.145. The van der Waals surface area contributed by atoms with Crippen LogP contribution in [0, 0.1) is 6.92 Å². The second-order valence-corrected chi connectivity index (χ2v) is 17.5. The Morgan fingerprint density at radius 1 is 0.875 bits per heavy atom. The Kier molecular flexibility index (Phi) is 15.6. The molecule has 262 valence electrons. The molecule has 1 amide bonds. The highest BCUT2D eigenvalue weighted by molar-refractivity contribution is 6.99. The highest BCUT2D eigenvalue weighted by Crippen LogP contribution is 2.36. The molecule has 0 aliphatic rings. The van der Waals surface area contributed by atoms with Crippen molar-refractivity contribution >= 4 is 30.6 Å². The van der Waals surface area contributed by atoms with Gasteiger partial charge in [-0.1, -0.05) is 101 Å². The van der Waals surface area contributed by atoms with E-state index in [9.17, 15) is 9.59 Å². The summed E-state index contributed by atoms with van der Waals surface area (Å²) in [7, 11) is -2.70. The molecule has 48 heavy (non-hydrogen) atoms. The molecule has 0 saturated carbocycles. The maximum absolute atomic E-state index is 12.5. The number of aryl methyl sites for hydroxylation is 1. The molecule has 3 aromatic rings. The van der Waals surface area contributed by atoms with Crippen LogP contribution in [0.1, 0.15) is 70.9 Å². The van der Waals surface area contributed by atoms with E-state index in [1.54, 1.807) is 0 Å². The third kappa shape index (κ3) is 11.9. The molecule has 0 aliphatic carbocycles. The van der Waals surface area contributed by atoms with Crippen LogP contribution >= 0.6 is 0 Å². The third-order valence-corrected chi connectivity index (χ3v) is 13.6. The van der Waals surface area contributed by atoms with Gasteiger partial charge in [0.25, 0.3) is 8.32 Å². The molecule has 0 aliphatic heterocycles. The number of esters is 1. The van der Waals surface area contributed by atoms with Crippen LogP contribution in [-0.4, -0.2) is 77.6 Å². The fourth-order valence-electron chi connectivity index (χ4n) is 5.87. The van der Waals surface area contributed by atoms with Gasteiger partial charge in [-0.25, -0.2) is 0 Å². The van der Waals surface area contributed by atoms with Crippen LogP contribution in [-0.2, 0) is 25.4 Å². The average Bonchev–Trinajstić information content (AvgIpc) is 3.09. The minimum Gasteiger partial charge on any atom is -0.494 e. The topological polar surface area (TPSA) is 97.3 Å². The fraction of sp³-hybridized carbons (Fsp3) is 0.487. The highest BCUT2D eigenvalue weighted by atomic mass is 28.4. The zero-order valence-electron chi connectivity index (χ0n) is 30.6. The maximum atomic E-state index is 12.5. The van der Waals surface area contributed by atoms with Gasteiger partial charge in [0.1, 0.15) is 12.4 Å². The first-order valence-corrected chi connectivity index (χ1v) is 19.2. The van der Waals surface area contributed by atoms with E-state index in [1.165, 1.54) is 10.4 Å². The van der Waals surface area contributed by atoms with Gasteiger partial charge in [-0.3, -0.25) is 14.5 Å². The number of rotatable bonds is 22. The Morgan fingerprint density at radius 2 is 1.54 bits per heavy atom. The molecule has 0 unspecified atom stereocenters. The Balaban J connectivity index is 1.66. The molecule has 0 fully saturated rings. The van der Waals surface area contributed by atoms with Gasteiger partial charge in [-0.05, 0) is 58.4 Å². The smallest absolute Gasteiger partial charge is 0.306 e. The van der Waals surface area contributed by atoms with Crippen molar-refractivity contribution in [3.63, 3.8) is 0 Å². The number of benzene rings is 3. The van der Waals surface area contributed by atoms with E-state index in [4.69, 9.17) is 15.3 Å². The van der Waals surface area contributed by atoms with Crippen molar-refractivity contribution < 1.29 is 28.6 Å². The molecule has 9 heteroatoms. The zero-order chi connectivity index (χ0) is 35.5. The molecule has 0 bridgehead atoms.